The Morgan fingerprint density at radius 1 is 1.31 bits per heavy atom. The van der Waals surface area contributed by atoms with Crippen LogP contribution in [0.25, 0.3) is 11.0 Å². The van der Waals surface area contributed by atoms with Crippen LogP contribution in [0.5, 0.6) is 0 Å². The molecule has 4 rings (SSSR count). The molecule has 2 unspecified atom stereocenters. The lowest BCUT2D eigenvalue weighted by Crippen LogP contribution is -2.49. The van der Waals surface area contributed by atoms with E-state index in [0.717, 1.165) is 29.0 Å². The minimum Gasteiger partial charge on any atom is -0.341 e. The van der Waals surface area contributed by atoms with Gasteiger partial charge in [-0.05, 0) is 36.8 Å². The lowest BCUT2D eigenvalue weighted by Gasteiger charge is -2.36. The average Bonchev–Trinajstić information content (AvgIpc) is 3.16. The van der Waals surface area contributed by atoms with Gasteiger partial charge in [0.1, 0.15) is 11.6 Å². The molecule has 1 amide bonds. The molecule has 2 aromatic carbocycles. The van der Waals surface area contributed by atoms with Gasteiger partial charge in [0.05, 0.1) is 28.1 Å². The number of aromatic amines is 1. The molecule has 2 N–H and O–H groups in total. The van der Waals surface area contributed by atoms with Crippen molar-refractivity contribution < 1.29 is 9.18 Å². The Labute approximate surface area is 179 Å². The Kier molecular flexibility index (Phi) is 7.16. The second-order valence-corrected chi connectivity index (χ2v) is 8.28. The van der Waals surface area contributed by atoms with E-state index >= 15 is 0 Å². The molecular weight excluding hydrogens is 411 g/mol. The number of hydrogen-bond acceptors (Lipinski definition) is 4. The number of para-hydroxylation sites is 2. The van der Waals surface area contributed by atoms with Crippen molar-refractivity contribution in [1.29, 1.82) is 0 Å². The van der Waals surface area contributed by atoms with Crippen LogP contribution in [0.4, 0.5) is 4.39 Å². The van der Waals surface area contributed by atoms with Crippen LogP contribution >= 0.6 is 24.2 Å². The highest BCUT2D eigenvalue weighted by molar-refractivity contribution is 8.00. The van der Waals surface area contributed by atoms with Gasteiger partial charge in [-0.15, -0.1) is 24.2 Å². The summed E-state index contributed by atoms with van der Waals surface area (Å²) < 4.78 is 13.6. The number of nitrogens with one attached hydrogen (secondary N) is 2. The fraction of sp³-hybridized carbons (Fsp3) is 0.333. The topological polar surface area (TPSA) is 61.0 Å². The molecule has 1 fully saturated rings. The van der Waals surface area contributed by atoms with Crippen LogP contribution in [0, 0.1) is 5.82 Å². The molecule has 1 aromatic heterocycles. The SMILES string of the molecule is CC(SCC(=O)N1CCNCC1c1cccc(F)c1)c1nc2ccccc2[nH]1.Cl. The van der Waals surface area contributed by atoms with Gasteiger partial charge in [-0.25, -0.2) is 9.37 Å². The molecule has 1 aliphatic heterocycles. The van der Waals surface area contributed by atoms with Crippen molar-refractivity contribution in [2.45, 2.75) is 18.2 Å². The number of aromatic nitrogens is 2. The molecule has 0 aliphatic carbocycles. The second-order valence-electron chi connectivity index (χ2n) is 6.95. The Hall–Kier alpha value is -2.09. The molecule has 1 aliphatic rings. The lowest BCUT2D eigenvalue weighted by molar-refractivity contribution is -0.131. The first kappa shape index (κ1) is 21.6. The minimum atomic E-state index is -0.275. The molecule has 0 saturated carbocycles. The molecule has 154 valence electrons. The molecular formula is C21H24ClFN4OS. The van der Waals surface area contributed by atoms with Crippen LogP contribution < -0.4 is 5.32 Å². The molecule has 0 radical (unpaired) electrons. The largest absolute Gasteiger partial charge is 0.341 e. The molecule has 0 bridgehead atoms. The fourth-order valence-electron chi connectivity index (χ4n) is 3.54. The number of hydrogen-bond donors (Lipinski definition) is 2. The van der Waals surface area contributed by atoms with Crippen molar-refractivity contribution in [3.05, 3.63) is 65.7 Å². The van der Waals surface area contributed by atoms with E-state index in [4.69, 9.17) is 0 Å². The van der Waals surface area contributed by atoms with Crippen molar-refractivity contribution in [3.8, 4) is 0 Å². The molecule has 3 aromatic rings. The van der Waals surface area contributed by atoms with E-state index in [2.05, 4.69) is 22.2 Å². The molecule has 2 heterocycles. The fourth-order valence-corrected chi connectivity index (χ4v) is 4.37. The maximum atomic E-state index is 13.6. The van der Waals surface area contributed by atoms with Crippen molar-refractivity contribution in [3.63, 3.8) is 0 Å². The van der Waals surface area contributed by atoms with Crippen LogP contribution in [0.2, 0.25) is 0 Å². The Bertz CT molecular complexity index is 949. The highest BCUT2D eigenvalue weighted by atomic mass is 35.5. The number of nitrogens with zero attached hydrogens (tertiary/aromatic N) is 2. The van der Waals surface area contributed by atoms with Crippen molar-refractivity contribution >= 4 is 41.1 Å². The number of carbonyl (C=O) groups is 1. The van der Waals surface area contributed by atoms with Gasteiger partial charge in [0.25, 0.3) is 0 Å². The number of halogens is 2. The summed E-state index contributed by atoms with van der Waals surface area (Å²) in [5.74, 6) is 1.04. The standard InChI is InChI=1S/C21H23FN4OS.ClH/c1-14(21-24-17-7-2-3-8-18(17)25-21)28-13-20(27)26-10-9-23-12-19(26)15-5-4-6-16(22)11-15;/h2-8,11,14,19,23H,9-10,12-13H2,1H3,(H,24,25);1H. The first-order valence-electron chi connectivity index (χ1n) is 9.44. The zero-order valence-corrected chi connectivity index (χ0v) is 17.7. The van der Waals surface area contributed by atoms with Crippen LogP contribution in [0.1, 0.15) is 29.6 Å². The number of rotatable bonds is 5. The van der Waals surface area contributed by atoms with E-state index < -0.39 is 0 Å². The van der Waals surface area contributed by atoms with Gasteiger partial charge in [-0.3, -0.25) is 4.79 Å². The molecule has 1 saturated heterocycles. The summed E-state index contributed by atoms with van der Waals surface area (Å²) in [6.07, 6.45) is 0. The van der Waals surface area contributed by atoms with Crippen molar-refractivity contribution in [2.75, 3.05) is 25.4 Å². The zero-order chi connectivity index (χ0) is 19.5. The third kappa shape index (κ3) is 4.91. The maximum absolute atomic E-state index is 13.6. The van der Waals surface area contributed by atoms with Gasteiger partial charge in [0.15, 0.2) is 0 Å². The summed E-state index contributed by atoms with van der Waals surface area (Å²) in [5.41, 5.74) is 2.77. The van der Waals surface area contributed by atoms with E-state index in [1.54, 1.807) is 17.8 Å². The Balaban J connectivity index is 0.00000240. The summed E-state index contributed by atoms with van der Waals surface area (Å²) >= 11 is 1.57. The predicted octanol–water partition coefficient (Wildman–Crippen LogP) is 4.09. The first-order valence-corrected chi connectivity index (χ1v) is 10.5. The van der Waals surface area contributed by atoms with Crippen LogP contribution in [-0.2, 0) is 4.79 Å². The van der Waals surface area contributed by atoms with Gasteiger partial charge in [0.2, 0.25) is 5.91 Å². The number of thioether (sulfide) groups is 1. The van der Waals surface area contributed by atoms with Gasteiger partial charge < -0.3 is 15.2 Å². The predicted molar refractivity (Wildman–Crippen MR) is 118 cm³/mol. The molecule has 8 heteroatoms. The minimum absolute atomic E-state index is 0. The van der Waals surface area contributed by atoms with Gasteiger partial charge >= 0.3 is 0 Å². The third-order valence-corrected chi connectivity index (χ3v) is 6.18. The number of H-pyrrole nitrogens is 1. The number of carbonyl (C=O) groups excluding carboxylic acids is 1. The first-order chi connectivity index (χ1) is 13.6. The monoisotopic (exact) mass is 434 g/mol. The quantitative estimate of drug-likeness (QED) is 0.635. The van der Waals surface area contributed by atoms with E-state index in [1.165, 1.54) is 12.1 Å². The highest BCUT2D eigenvalue weighted by Crippen LogP contribution is 2.30. The van der Waals surface area contributed by atoms with E-state index in [1.807, 2.05) is 35.2 Å². The molecule has 5 nitrogen and oxygen atoms in total. The highest BCUT2D eigenvalue weighted by Gasteiger charge is 2.28. The normalized spacial score (nSPS) is 17.7. The van der Waals surface area contributed by atoms with Crippen LogP contribution in [0.15, 0.2) is 48.5 Å². The summed E-state index contributed by atoms with van der Waals surface area (Å²) in [6.45, 7) is 4.07. The van der Waals surface area contributed by atoms with Gasteiger partial charge in [-0.1, -0.05) is 24.3 Å². The summed E-state index contributed by atoms with van der Waals surface area (Å²) in [5, 5.41) is 3.38. The van der Waals surface area contributed by atoms with Crippen molar-refractivity contribution in [1.82, 2.24) is 20.2 Å². The number of amides is 1. The van der Waals surface area contributed by atoms with E-state index in [-0.39, 0.29) is 35.4 Å². The lowest BCUT2D eigenvalue weighted by atomic mass is 10.0. The zero-order valence-electron chi connectivity index (χ0n) is 16.1. The Morgan fingerprint density at radius 3 is 2.93 bits per heavy atom. The molecule has 0 spiro atoms. The summed E-state index contributed by atoms with van der Waals surface area (Å²) in [6, 6.07) is 14.3. The van der Waals surface area contributed by atoms with Crippen LogP contribution in [0.3, 0.4) is 0 Å². The number of piperazine rings is 1. The smallest absolute Gasteiger partial charge is 0.233 e. The summed E-state index contributed by atoms with van der Waals surface area (Å²) in [4.78, 5) is 22.7. The Morgan fingerprint density at radius 2 is 2.14 bits per heavy atom. The van der Waals surface area contributed by atoms with E-state index in [9.17, 15) is 9.18 Å². The molecule has 2 atom stereocenters. The maximum Gasteiger partial charge on any atom is 0.233 e. The third-order valence-electron chi connectivity index (χ3n) is 5.05. The number of fused-ring (bicyclic) bond motifs is 1. The molecule has 29 heavy (non-hydrogen) atoms. The van der Waals surface area contributed by atoms with Gasteiger partial charge in [0, 0.05) is 19.6 Å². The number of benzene rings is 2. The van der Waals surface area contributed by atoms with Gasteiger partial charge in [-0.2, -0.15) is 0 Å². The second kappa shape index (κ2) is 9.61. The summed E-state index contributed by atoms with van der Waals surface area (Å²) in [7, 11) is 0. The van der Waals surface area contributed by atoms with Crippen LogP contribution in [-0.4, -0.2) is 46.2 Å². The van der Waals surface area contributed by atoms with E-state index in [0.29, 0.717) is 18.8 Å². The van der Waals surface area contributed by atoms with Crippen molar-refractivity contribution in [2.24, 2.45) is 0 Å². The average molecular weight is 435 g/mol. The number of imidazole rings is 1.